The number of hydrogen-bond donors (Lipinski definition) is 1. The molecular formula is C10H11BFO3. The van der Waals surface area contributed by atoms with E-state index < -0.39 is 12.4 Å². The molecule has 1 radical (unpaired) electrons. The van der Waals surface area contributed by atoms with Crippen LogP contribution in [0.2, 0.25) is 0 Å². The van der Waals surface area contributed by atoms with E-state index in [0.717, 1.165) is 0 Å². The van der Waals surface area contributed by atoms with Crippen LogP contribution in [0.4, 0.5) is 4.39 Å². The van der Waals surface area contributed by atoms with Crippen LogP contribution in [0.1, 0.15) is 18.6 Å². The summed E-state index contributed by atoms with van der Waals surface area (Å²) in [7, 11) is 1.44. The molecule has 1 aromatic carbocycles. The molecular weight excluding hydrogens is 198 g/mol. The van der Waals surface area contributed by atoms with Gasteiger partial charge >= 0.3 is 7.48 Å². The highest BCUT2D eigenvalue weighted by atomic mass is 19.1. The third-order valence-electron chi connectivity index (χ3n) is 2.31. The van der Waals surface area contributed by atoms with Gasteiger partial charge in [-0.3, -0.25) is 0 Å². The van der Waals surface area contributed by atoms with E-state index in [1.165, 1.54) is 13.5 Å². The number of ether oxygens (including phenoxy) is 1. The molecule has 79 valence electrons. The fourth-order valence-corrected chi connectivity index (χ4v) is 1.64. The second-order valence-corrected chi connectivity index (χ2v) is 3.26. The minimum Gasteiger partial charge on any atom is -0.423 e. The van der Waals surface area contributed by atoms with E-state index in [0.29, 0.717) is 17.6 Å². The molecule has 0 fully saturated rings. The van der Waals surface area contributed by atoms with Crippen molar-refractivity contribution in [1.29, 1.82) is 0 Å². The van der Waals surface area contributed by atoms with Gasteiger partial charge < -0.3 is 14.5 Å². The zero-order valence-corrected chi connectivity index (χ0v) is 8.31. The number of fused-ring (bicyclic) bond motifs is 1. The van der Waals surface area contributed by atoms with Crippen LogP contribution in [0.3, 0.4) is 0 Å². The predicted molar refractivity (Wildman–Crippen MR) is 53.2 cm³/mol. The fourth-order valence-electron chi connectivity index (χ4n) is 1.64. The number of hydrogen-bond acceptors (Lipinski definition) is 3. The Balaban J connectivity index is 2.27. The minimum atomic E-state index is -1.13. The molecule has 2 atom stereocenters. The highest BCUT2D eigenvalue weighted by Crippen LogP contribution is 2.27. The lowest BCUT2D eigenvalue weighted by molar-refractivity contribution is -0.150. The summed E-state index contributed by atoms with van der Waals surface area (Å²) in [5.74, 6) is -0.384. The molecule has 0 saturated carbocycles. The van der Waals surface area contributed by atoms with Crippen molar-refractivity contribution in [2.45, 2.75) is 19.3 Å². The minimum absolute atomic E-state index is 0.352. The molecule has 1 N–H and O–H groups in total. The van der Waals surface area contributed by atoms with E-state index in [1.54, 1.807) is 19.1 Å². The van der Waals surface area contributed by atoms with Gasteiger partial charge in [0.15, 0.2) is 6.29 Å². The van der Waals surface area contributed by atoms with Crippen molar-refractivity contribution in [1.82, 2.24) is 0 Å². The highest BCUT2D eigenvalue weighted by Gasteiger charge is 2.33. The average molecular weight is 209 g/mol. The van der Waals surface area contributed by atoms with E-state index >= 15 is 0 Å². The van der Waals surface area contributed by atoms with Gasteiger partial charge in [0.1, 0.15) is 11.9 Å². The third-order valence-corrected chi connectivity index (χ3v) is 2.31. The SMILES string of the molecule is CCOC(O)C1O[B]c2cccc(F)c21. The molecule has 1 aliphatic rings. The zero-order valence-electron chi connectivity index (χ0n) is 8.31. The molecule has 1 aromatic rings. The lowest BCUT2D eigenvalue weighted by Gasteiger charge is -2.19. The van der Waals surface area contributed by atoms with Crippen molar-refractivity contribution < 1.29 is 18.9 Å². The maximum absolute atomic E-state index is 13.5. The Kier molecular flexibility index (Phi) is 3.04. The van der Waals surface area contributed by atoms with E-state index in [4.69, 9.17) is 9.39 Å². The van der Waals surface area contributed by atoms with Gasteiger partial charge in [-0.1, -0.05) is 12.1 Å². The van der Waals surface area contributed by atoms with Crippen LogP contribution in [0.15, 0.2) is 18.2 Å². The van der Waals surface area contributed by atoms with Gasteiger partial charge in [0, 0.05) is 12.2 Å². The quantitative estimate of drug-likeness (QED) is 0.581. The van der Waals surface area contributed by atoms with Crippen LogP contribution in [0, 0.1) is 5.82 Å². The summed E-state index contributed by atoms with van der Waals surface area (Å²) in [6, 6.07) is 4.67. The maximum atomic E-state index is 13.5. The van der Waals surface area contributed by atoms with E-state index in [2.05, 4.69) is 0 Å². The first-order valence-electron chi connectivity index (χ1n) is 4.80. The monoisotopic (exact) mass is 209 g/mol. The highest BCUT2D eigenvalue weighted by molar-refractivity contribution is 6.49. The van der Waals surface area contributed by atoms with Crippen LogP contribution in [0.25, 0.3) is 0 Å². The van der Waals surface area contributed by atoms with E-state index in [9.17, 15) is 9.50 Å². The topological polar surface area (TPSA) is 38.7 Å². The van der Waals surface area contributed by atoms with Crippen LogP contribution < -0.4 is 5.46 Å². The lowest BCUT2D eigenvalue weighted by atomic mass is 9.86. The van der Waals surface area contributed by atoms with Crippen molar-refractivity contribution >= 4 is 12.9 Å². The number of aliphatic hydroxyl groups excluding tert-OH is 1. The van der Waals surface area contributed by atoms with Crippen LogP contribution in [-0.2, 0) is 9.39 Å². The molecule has 0 spiro atoms. The molecule has 15 heavy (non-hydrogen) atoms. The first-order chi connectivity index (χ1) is 7.24. The van der Waals surface area contributed by atoms with Crippen LogP contribution >= 0.6 is 0 Å². The number of halogens is 1. The molecule has 0 bridgehead atoms. The van der Waals surface area contributed by atoms with Crippen molar-refractivity contribution in [3.8, 4) is 0 Å². The van der Waals surface area contributed by atoms with Crippen LogP contribution in [-0.4, -0.2) is 25.5 Å². The molecule has 1 aliphatic heterocycles. The summed E-state index contributed by atoms with van der Waals surface area (Å²) < 4.78 is 23.6. The molecule has 0 saturated heterocycles. The summed E-state index contributed by atoms with van der Waals surface area (Å²) in [4.78, 5) is 0. The van der Waals surface area contributed by atoms with Gasteiger partial charge in [0.25, 0.3) is 0 Å². The first-order valence-corrected chi connectivity index (χ1v) is 4.80. The summed E-state index contributed by atoms with van der Waals surface area (Å²) >= 11 is 0. The third kappa shape index (κ3) is 1.90. The molecule has 2 rings (SSSR count). The number of rotatable bonds is 3. The van der Waals surface area contributed by atoms with E-state index in [-0.39, 0.29) is 5.82 Å². The smallest absolute Gasteiger partial charge is 0.331 e. The average Bonchev–Trinajstić information content (AvgIpc) is 2.63. The predicted octanol–water partition coefficient (Wildman–Crippen LogP) is 0.496. The van der Waals surface area contributed by atoms with Gasteiger partial charge in [0.2, 0.25) is 0 Å². The number of benzene rings is 1. The van der Waals surface area contributed by atoms with Gasteiger partial charge in [-0.2, -0.15) is 0 Å². The fraction of sp³-hybridized carbons (Fsp3) is 0.400. The Morgan fingerprint density at radius 1 is 1.67 bits per heavy atom. The Bertz CT molecular complexity index is 359. The zero-order chi connectivity index (χ0) is 10.8. The Morgan fingerprint density at radius 2 is 2.47 bits per heavy atom. The largest absolute Gasteiger partial charge is 0.423 e. The summed E-state index contributed by atoms with van der Waals surface area (Å²) in [5, 5.41) is 9.59. The summed E-state index contributed by atoms with van der Waals surface area (Å²) in [5.41, 5.74) is 1.01. The Hall–Kier alpha value is -0.905. The first kappa shape index (κ1) is 10.6. The van der Waals surface area contributed by atoms with Gasteiger partial charge in [-0.25, -0.2) is 4.39 Å². The lowest BCUT2D eigenvalue weighted by Crippen LogP contribution is -2.23. The van der Waals surface area contributed by atoms with Crippen LogP contribution in [0.5, 0.6) is 0 Å². The molecule has 5 heteroatoms. The Morgan fingerprint density at radius 3 is 3.20 bits per heavy atom. The van der Waals surface area contributed by atoms with Crippen molar-refractivity contribution in [2.75, 3.05) is 6.61 Å². The van der Waals surface area contributed by atoms with Crippen molar-refractivity contribution in [3.05, 3.63) is 29.6 Å². The normalized spacial score (nSPS) is 20.9. The summed E-state index contributed by atoms with van der Waals surface area (Å²) in [6.07, 6.45) is -1.90. The second-order valence-electron chi connectivity index (χ2n) is 3.26. The maximum Gasteiger partial charge on any atom is 0.331 e. The number of aliphatic hydroxyl groups is 1. The van der Waals surface area contributed by atoms with E-state index in [1.807, 2.05) is 0 Å². The van der Waals surface area contributed by atoms with Gasteiger partial charge in [-0.05, 0) is 18.5 Å². The molecule has 3 nitrogen and oxygen atoms in total. The molecule has 0 aliphatic carbocycles. The molecule has 1 heterocycles. The van der Waals surface area contributed by atoms with Crippen molar-refractivity contribution in [3.63, 3.8) is 0 Å². The second kappa shape index (κ2) is 4.30. The molecule has 2 unspecified atom stereocenters. The van der Waals surface area contributed by atoms with Crippen molar-refractivity contribution in [2.24, 2.45) is 0 Å². The Labute approximate surface area is 88.1 Å². The summed E-state index contributed by atoms with van der Waals surface area (Å²) in [6.45, 7) is 2.11. The molecule has 0 amide bonds. The van der Waals surface area contributed by atoms with Gasteiger partial charge in [0.05, 0.1) is 0 Å². The van der Waals surface area contributed by atoms with Gasteiger partial charge in [-0.15, -0.1) is 0 Å². The molecule has 0 aromatic heterocycles. The standard InChI is InChI=1S/C10H11BFO3/c1-2-14-10(13)9-8-6(11-15-9)4-3-5-7(8)12/h3-5,9-10,13H,2H2,1H3.